The van der Waals surface area contributed by atoms with Gasteiger partial charge in [-0.1, -0.05) is 51.8 Å². The average molecular weight is 384 g/mol. The van der Waals surface area contributed by atoms with E-state index in [9.17, 15) is 4.39 Å². The zero-order valence-corrected chi connectivity index (χ0v) is 17.0. The molecule has 0 radical (unpaired) electrons. The van der Waals surface area contributed by atoms with Crippen LogP contribution in [0.3, 0.4) is 0 Å². The molecular formula is C22H26FN3S. The quantitative estimate of drug-likeness (QED) is 0.482. The summed E-state index contributed by atoms with van der Waals surface area (Å²) in [4.78, 5) is 10.6. The molecule has 2 heterocycles. The van der Waals surface area contributed by atoms with E-state index in [0.29, 0.717) is 6.04 Å². The van der Waals surface area contributed by atoms with Gasteiger partial charge in [-0.25, -0.2) is 9.97 Å². The minimum absolute atomic E-state index is 0.00198. The molecule has 2 aromatic heterocycles. The van der Waals surface area contributed by atoms with Crippen LogP contribution in [-0.2, 0) is 5.41 Å². The lowest BCUT2D eigenvalue weighted by Crippen LogP contribution is -2.23. The van der Waals surface area contributed by atoms with Crippen LogP contribution >= 0.6 is 11.8 Å². The highest BCUT2D eigenvalue weighted by molar-refractivity contribution is 7.99. The number of halogens is 1. The first-order valence-electron chi connectivity index (χ1n) is 9.74. The summed E-state index contributed by atoms with van der Waals surface area (Å²) in [5.74, 6) is 0.721. The molecule has 0 spiro atoms. The second kappa shape index (κ2) is 7.27. The van der Waals surface area contributed by atoms with Crippen molar-refractivity contribution in [2.45, 2.75) is 74.1 Å². The molecule has 1 aromatic carbocycles. The van der Waals surface area contributed by atoms with Crippen LogP contribution in [0.25, 0.3) is 11.0 Å². The van der Waals surface area contributed by atoms with Gasteiger partial charge in [0.05, 0.1) is 11.0 Å². The van der Waals surface area contributed by atoms with Gasteiger partial charge in [0, 0.05) is 33.5 Å². The van der Waals surface area contributed by atoms with Crippen LogP contribution < -0.4 is 0 Å². The molecule has 4 rings (SSSR count). The molecule has 1 aliphatic rings. The van der Waals surface area contributed by atoms with E-state index in [1.807, 2.05) is 6.07 Å². The molecule has 0 saturated heterocycles. The lowest BCUT2D eigenvalue weighted by Gasteiger charge is -2.29. The topological polar surface area (TPSA) is 30.7 Å². The van der Waals surface area contributed by atoms with Crippen LogP contribution in [0, 0.1) is 5.95 Å². The Labute approximate surface area is 164 Å². The van der Waals surface area contributed by atoms with E-state index in [0.717, 1.165) is 15.3 Å². The minimum atomic E-state index is -0.447. The normalized spacial score (nSPS) is 16.1. The fraction of sp³-hybridized carbons (Fsp3) is 0.455. The van der Waals surface area contributed by atoms with E-state index in [-0.39, 0.29) is 5.41 Å². The van der Waals surface area contributed by atoms with Crippen molar-refractivity contribution in [2.24, 2.45) is 0 Å². The maximum absolute atomic E-state index is 13.4. The highest BCUT2D eigenvalue weighted by Crippen LogP contribution is 2.38. The number of pyridine rings is 1. The van der Waals surface area contributed by atoms with Gasteiger partial charge < -0.3 is 4.57 Å². The zero-order chi connectivity index (χ0) is 19.0. The molecule has 1 aliphatic carbocycles. The summed E-state index contributed by atoms with van der Waals surface area (Å²) in [5.41, 5.74) is 2.25. The number of aromatic nitrogens is 3. The monoisotopic (exact) mass is 383 g/mol. The summed E-state index contributed by atoms with van der Waals surface area (Å²) in [7, 11) is 0. The molecule has 1 saturated carbocycles. The molecule has 0 unspecified atom stereocenters. The van der Waals surface area contributed by atoms with Crippen LogP contribution in [0.2, 0.25) is 0 Å². The van der Waals surface area contributed by atoms with Gasteiger partial charge >= 0.3 is 0 Å². The van der Waals surface area contributed by atoms with Crippen LogP contribution in [0.5, 0.6) is 0 Å². The smallest absolute Gasteiger partial charge is 0.213 e. The largest absolute Gasteiger partial charge is 0.324 e. The summed E-state index contributed by atoms with van der Waals surface area (Å²) in [6.07, 6.45) is 7.93. The van der Waals surface area contributed by atoms with Gasteiger partial charge in [0.25, 0.3) is 0 Å². The summed E-state index contributed by atoms with van der Waals surface area (Å²) in [6.45, 7) is 6.72. The van der Waals surface area contributed by atoms with Crippen LogP contribution in [0.1, 0.15) is 64.7 Å². The fourth-order valence-electron chi connectivity index (χ4n) is 3.96. The van der Waals surface area contributed by atoms with Crippen LogP contribution in [-0.4, -0.2) is 14.5 Å². The zero-order valence-electron chi connectivity index (χ0n) is 16.2. The number of rotatable bonds is 3. The SMILES string of the molecule is CC(C)(C)c1nc2cc(Sc3ccnc(F)c3)ccc2n1C1CCCCC1. The Morgan fingerprint density at radius 3 is 2.48 bits per heavy atom. The first kappa shape index (κ1) is 18.5. The third-order valence-corrected chi connectivity index (χ3v) is 6.18. The molecule has 142 valence electrons. The lowest BCUT2D eigenvalue weighted by molar-refractivity contribution is 0.337. The molecule has 5 heteroatoms. The summed E-state index contributed by atoms with van der Waals surface area (Å²) < 4.78 is 15.9. The van der Waals surface area contributed by atoms with Crippen molar-refractivity contribution >= 4 is 22.8 Å². The van der Waals surface area contributed by atoms with Gasteiger partial charge in [-0.2, -0.15) is 4.39 Å². The molecule has 27 heavy (non-hydrogen) atoms. The number of hydrogen-bond acceptors (Lipinski definition) is 3. The summed E-state index contributed by atoms with van der Waals surface area (Å²) in [6, 6.07) is 10.3. The Morgan fingerprint density at radius 1 is 1.04 bits per heavy atom. The minimum Gasteiger partial charge on any atom is -0.324 e. The van der Waals surface area contributed by atoms with Crippen molar-refractivity contribution in [1.82, 2.24) is 14.5 Å². The lowest BCUT2D eigenvalue weighted by atomic mass is 9.91. The molecular weight excluding hydrogens is 357 g/mol. The average Bonchev–Trinajstić information content (AvgIpc) is 3.02. The Balaban J connectivity index is 1.75. The van der Waals surface area contributed by atoms with Gasteiger partial charge in [0.1, 0.15) is 5.82 Å². The first-order chi connectivity index (χ1) is 12.9. The molecule has 3 aromatic rings. The Bertz CT molecular complexity index is 952. The second-order valence-corrected chi connectivity index (χ2v) is 9.56. The predicted molar refractivity (Wildman–Crippen MR) is 109 cm³/mol. The van der Waals surface area contributed by atoms with Crippen molar-refractivity contribution in [3.63, 3.8) is 0 Å². The van der Waals surface area contributed by atoms with Crippen molar-refractivity contribution in [2.75, 3.05) is 0 Å². The number of nitrogens with zero attached hydrogens (tertiary/aromatic N) is 3. The van der Waals surface area contributed by atoms with Crippen molar-refractivity contribution < 1.29 is 4.39 Å². The van der Waals surface area contributed by atoms with Crippen molar-refractivity contribution in [1.29, 1.82) is 0 Å². The van der Waals surface area contributed by atoms with Gasteiger partial charge in [0.2, 0.25) is 5.95 Å². The van der Waals surface area contributed by atoms with E-state index >= 15 is 0 Å². The van der Waals surface area contributed by atoms with Crippen LogP contribution in [0.4, 0.5) is 4.39 Å². The number of hydrogen-bond donors (Lipinski definition) is 0. The first-order valence-corrected chi connectivity index (χ1v) is 10.6. The van der Waals surface area contributed by atoms with Gasteiger partial charge in [-0.3, -0.25) is 0 Å². The molecule has 0 amide bonds. The Kier molecular flexibility index (Phi) is 4.97. The third kappa shape index (κ3) is 3.88. The highest BCUT2D eigenvalue weighted by Gasteiger charge is 2.27. The molecule has 0 bridgehead atoms. The van der Waals surface area contributed by atoms with E-state index in [1.54, 1.807) is 11.8 Å². The summed E-state index contributed by atoms with van der Waals surface area (Å²) in [5, 5.41) is 0. The van der Waals surface area contributed by atoms with Gasteiger partial charge in [-0.05, 0) is 37.1 Å². The van der Waals surface area contributed by atoms with E-state index in [2.05, 4.69) is 48.5 Å². The van der Waals surface area contributed by atoms with Gasteiger partial charge in [0.15, 0.2) is 0 Å². The number of benzene rings is 1. The molecule has 0 aliphatic heterocycles. The maximum atomic E-state index is 13.4. The van der Waals surface area contributed by atoms with Crippen molar-refractivity contribution in [3.8, 4) is 0 Å². The van der Waals surface area contributed by atoms with E-state index in [4.69, 9.17) is 4.98 Å². The standard InChI is InChI=1S/C22H26FN3S/c1-22(2,3)21-25-18-13-16(27-17-11-12-24-20(23)14-17)9-10-19(18)26(21)15-7-5-4-6-8-15/h9-15H,4-8H2,1-3H3. The molecule has 0 atom stereocenters. The van der Waals surface area contributed by atoms with E-state index in [1.165, 1.54) is 55.7 Å². The highest BCUT2D eigenvalue weighted by atomic mass is 32.2. The van der Waals surface area contributed by atoms with Crippen molar-refractivity contribution in [3.05, 3.63) is 48.3 Å². The predicted octanol–water partition coefficient (Wildman–Crippen LogP) is 6.52. The molecule has 1 fully saturated rings. The third-order valence-electron chi connectivity index (χ3n) is 5.21. The Hall–Kier alpha value is -1.88. The Morgan fingerprint density at radius 2 is 1.78 bits per heavy atom. The van der Waals surface area contributed by atoms with Gasteiger partial charge in [-0.15, -0.1) is 0 Å². The maximum Gasteiger partial charge on any atom is 0.213 e. The molecule has 3 nitrogen and oxygen atoms in total. The number of fused-ring (bicyclic) bond motifs is 1. The molecule has 0 N–H and O–H groups in total. The summed E-state index contributed by atoms with van der Waals surface area (Å²) >= 11 is 1.55. The number of imidazole rings is 1. The fourth-order valence-corrected chi connectivity index (χ4v) is 4.83. The second-order valence-electron chi connectivity index (χ2n) is 8.41. The van der Waals surface area contributed by atoms with Crippen LogP contribution in [0.15, 0.2) is 46.3 Å². The van der Waals surface area contributed by atoms with E-state index < -0.39 is 5.95 Å².